The van der Waals surface area contributed by atoms with Crippen molar-refractivity contribution in [1.82, 2.24) is 19.9 Å². The lowest BCUT2D eigenvalue weighted by atomic mass is 9.81. The average molecular weight is 268 g/mol. The number of nitrogens with one attached hydrogen (secondary N) is 2. The Morgan fingerprint density at radius 1 is 1.39 bits per heavy atom. The van der Waals surface area contributed by atoms with E-state index in [1.165, 1.54) is 0 Å². The van der Waals surface area contributed by atoms with Gasteiger partial charge in [-0.05, 0) is 22.9 Å². The predicted molar refractivity (Wildman–Crippen MR) is 73.8 cm³/mol. The molecule has 0 unspecified atom stereocenters. The van der Waals surface area contributed by atoms with Crippen LogP contribution in [0.3, 0.4) is 0 Å². The quantitative estimate of drug-likeness (QED) is 0.836. The van der Waals surface area contributed by atoms with Crippen LogP contribution in [0.1, 0.15) is 27.7 Å². The molecule has 0 amide bonds. The molecule has 6 heteroatoms. The molecule has 0 saturated heterocycles. The lowest BCUT2D eigenvalue weighted by Crippen LogP contribution is -2.28. The van der Waals surface area contributed by atoms with Gasteiger partial charge in [-0.2, -0.15) is 9.97 Å². The molecule has 2 aromatic heterocycles. The Balaban J connectivity index is 2.24. The van der Waals surface area contributed by atoms with E-state index in [4.69, 9.17) is 11.6 Å². The van der Waals surface area contributed by atoms with Gasteiger partial charge >= 0.3 is 0 Å². The Kier molecular flexibility index (Phi) is 3.43. The Bertz CT molecular complexity index is 546. The van der Waals surface area contributed by atoms with E-state index in [2.05, 4.69) is 52.9 Å². The molecule has 0 atom stereocenters. The second kappa shape index (κ2) is 4.72. The van der Waals surface area contributed by atoms with E-state index >= 15 is 0 Å². The van der Waals surface area contributed by atoms with Gasteiger partial charge in [0.2, 0.25) is 5.28 Å². The monoisotopic (exact) mass is 267 g/mol. The molecule has 98 valence electrons. The van der Waals surface area contributed by atoms with Gasteiger partial charge in [0, 0.05) is 6.54 Å². The fourth-order valence-corrected chi connectivity index (χ4v) is 1.61. The van der Waals surface area contributed by atoms with Gasteiger partial charge < -0.3 is 10.3 Å². The molecular formula is C12H18ClN5. The summed E-state index contributed by atoms with van der Waals surface area (Å²) in [6.45, 7) is 9.67. The Morgan fingerprint density at radius 2 is 2.11 bits per heavy atom. The van der Waals surface area contributed by atoms with Gasteiger partial charge in [-0.15, -0.1) is 0 Å². The van der Waals surface area contributed by atoms with Gasteiger partial charge in [-0.3, -0.25) is 0 Å². The number of aromatic nitrogens is 4. The summed E-state index contributed by atoms with van der Waals surface area (Å²) in [4.78, 5) is 15.4. The predicted octanol–water partition coefficient (Wildman–Crippen LogP) is 3.10. The van der Waals surface area contributed by atoms with Gasteiger partial charge in [0.05, 0.1) is 6.33 Å². The molecule has 2 rings (SSSR count). The van der Waals surface area contributed by atoms with Crippen LogP contribution in [-0.2, 0) is 0 Å². The zero-order chi connectivity index (χ0) is 13.3. The van der Waals surface area contributed by atoms with E-state index in [1.54, 1.807) is 6.33 Å². The van der Waals surface area contributed by atoms with E-state index < -0.39 is 0 Å². The standard InChI is InChI=1S/C12H18ClN5/c1-7(2)12(3,4)5-14-9-8-10(16-6-15-8)18-11(13)17-9/h6-7H,5H2,1-4H3,(H2,14,15,16,17,18). The minimum absolute atomic E-state index is 0.170. The number of H-pyrrole nitrogens is 1. The van der Waals surface area contributed by atoms with Crippen LogP contribution in [0, 0.1) is 11.3 Å². The highest BCUT2D eigenvalue weighted by atomic mass is 35.5. The summed E-state index contributed by atoms with van der Waals surface area (Å²) in [5.41, 5.74) is 1.54. The highest BCUT2D eigenvalue weighted by molar-refractivity contribution is 6.28. The number of imidazole rings is 1. The fraction of sp³-hybridized carbons (Fsp3) is 0.583. The number of nitrogens with zero attached hydrogens (tertiary/aromatic N) is 3. The van der Waals surface area contributed by atoms with Gasteiger partial charge in [0.25, 0.3) is 0 Å². The van der Waals surface area contributed by atoms with E-state index in [1.807, 2.05) is 0 Å². The number of anilines is 1. The van der Waals surface area contributed by atoms with Crippen molar-refractivity contribution < 1.29 is 0 Å². The molecular weight excluding hydrogens is 250 g/mol. The van der Waals surface area contributed by atoms with Crippen LogP contribution in [-0.4, -0.2) is 26.5 Å². The Morgan fingerprint density at radius 3 is 2.78 bits per heavy atom. The third-order valence-corrected chi connectivity index (χ3v) is 3.70. The molecule has 0 aromatic carbocycles. The maximum atomic E-state index is 5.88. The molecule has 0 bridgehead atoms. The first kappa shape index (κ1) is 13.1. The SMILES string of the molecule is CC(C)C(C)(C)CNc1nc(Cl)nc2nc[nH]c12. The van der Waals surface area contributed by atoms with Crippen LogP contribution in [0.25, 0.3) is 11.2 Å². The lowest BCUT2D eigenvalue weighted by Gasteiger charge is -2.29. The maximum Gasteiger partial charge on any atom is 0.226 e. The van der Waals surface area contributed by atoms with Crippen molar-refractivity contribution in [2.45, 2.75) is 27.7 Å². The van der Waals surface area contributed by atoms with Crippen LogP contribution in [0.4, 0.5) is 5.82 Å². The van der Waals surface area contributed by atoms with Crippen LogP contribution in [0.15, 0.2) is 6.33 Å². The summed E-state index contributed by atoms with van der Waals surface area (Å²) in [6.07, 6.45) is 1.59. The molecule has 2 aromatic rings. The van der Waals surface area contributed by atoms with Crippen molar-refractivity contribution in [2.24, 2.45) is 11.3 Å². The molecule has 0 aliphatic rings. The fourth-order valence-electron chi connectivity index (χ4n) is 1.45. The average Bonchev–Trinajstić information content (AvgIpc) is 2.73. The second-order valence-electron chi connectivity index (χ2n) is 5.44. The smallest absolute Gasteiger partial charge is 0.226 e. The van der Waals surface area contributed by atoms with Crippen molar-refractivity contribution in [3.63, 3.8) is 0 Å². The first-order chi connectivity index (χ1) is 8.40. The number of rotatable bonds is 4. The Labute approximate surface area is 111 Å². The van der Waals surface area contributed by atoms with Crippen LogP contribution >= 0.6 is 11.6 Å². The van der Waals surface area contributed by atoms with Crippen molar-refractivity contribution in [2.75, 3.05) is 11.9 Å². The molecule has 0 fully saturated rings. The minimum Gasteiger partial charge on any atom is -0.368 e. The highest BCUT2D eigenvalue weighted by Crippen LogP contribution is 2.27. The third-order valence-electron chi connectivity index (χ3n) is 3.53. The van der Waals surface area contributed by atoms with E-state index in [9.17, 15) is 0 Å². The van der Waals surface area contributed by atoms with Crippen molar-refractivity contribution in [3.8, 4) is 0 Å². The first-order valence-corrected chi connectivity index (χ1v) is 6.38. The van der Waals surface area contributed by atoms with Crippen molar-refractivity contribution in [1.29, 1.82) is 0 Å². The lowest BCUT2D eigenvalue weighted by molar-refractivity contribution is 0.269. The summed E-state index contributed by atoms with van der Waals surface area (Å²) < 4.78 is 0. The zero-order valence-corrected chi connectivity index (χ0v) is 11.8. The van der Waals surface area contributed by atoms with E-state index in [-0.39, 0.29) is 10.7 Å². The van der Waals surface area contributed by atoms with Crippen LogP contribution < -0.4 is 5.32 Å². The molecule has 0 aliphatic carbocycles. The minimum atomic E-state index is 0.170. The second-order valence-corrected chi connectivity index (χ2v) is 5.78. The summed E-state index contributed by atoms with van der Waals surface area (Å²) >= 11 is 5.88. The number of halogens is 1. The molecule has 2 N–H and O–H groups in total. The van der Waals surface area contributed by atoms with Crippen LogP contribution in [0.5, 0.6) is 0 Å². The molecule has 5 nitrogen and oxygen atoms in total. The maximum absolute atomic E-state index is 5.88. The van der Waals surface area contributed by atoms with Gasteiger partial charge in [-0.25, -0.2) is 4.98 Å². The zero-order valence-electron chi connectivity index (χ0n) is 11.1. The number of hydrogen-bond donors (Lipinski definition) is 2. The van der Waals surface area contributed by atoms with Gasteiger partial charge in [-0.1, -0.05) is 27.7 Å². The molecule has 0 saturated carbocycles. The first-order valence-electron chi connectivity index (χ1n) is 6.00. The summed E-state index contributed by atoms with van der Waals surface area (Å²) in [5.74, 6) is 1.27. The molecule has 2 heterocycles. The van der Waals surface area contributed by atoms with Crippen molar-refractivity contribution >= 4 is 28.6 Å². The molecule has 0 spiro atoms. The normalized spacial score (nSPS) is 12.3. The number of aromatic amines is 1. The Hall–Kier alpha value is -1.36. The summed E-state index contributed by atoms with van der Waals surface area (Å²) in [5, 5.41) is 3.54. The van der Waals surface area contributed by atoms with E-state index in [0.717, 1.165) is 12.1 Å². The van der Waals surface area contributed by atoms with Gasteiger partial charge in [0.1, 0.15) is 5.52 Å². The third kappa shape index (κ3) is 2.56. The topological polar surface area (TPSA) is 66.5 Å². The molecule has 18 heavy (non-hydrogen) atoms. The van der Waals surface area contributed by atoms with Crippen molar-refractivity contribution in [3.05, 3.63) is 11.6 Å². The summed E-state index contributed by atoms with van der Waals surface area (Å²) in [7, 11) is 0. The van der Waals surface area contributed by atoms with E-state index in [0.29, 0.717) is 17.4 Å². The largest absolute Gasteiger partial charge is 0.368 e. The summed E-state index contributed by atoms with van der Waals surface area (Å²) in [6, 6.07) is 0. The highest BCUT2D eigenvalue weighted by Gasteiger charge is 2.22. The molecule has 0 radical (unpaired) electrons. The van der Waals surface area contributed by atoms with Gasteiger partial charge in [0.15, 0.2) is 11.5 Å². The van der Waals surface area contributed by atoms with Crippen LogP contribution in [0.2, 0.25) is 5.28 Å². The number of fused-ring (bicyclic) bond motifs is 1. The molecule has 0 aliphatic heterocycles. The number of hydrogen-bond acceptors (Lipinski definition) is 4.